The van der Waals surface area contributed by atoms with Crippen LogP contribution in [0.3, 0.4) is 0 Å². The molecule has 1 unspecified atom stereocenters. The number of hydrogen-bond donors (Lipinski definition) is 1. The number of halogens is 1. The summed E-state index contributed by atoms with van der Waals surface area (Å²) < 4.78 is 0.871. The number of thiophene rings is 1. The van der Waals surface area contributed by atoms with Crippen LogP contribution in [0.15, 0.2) is 12.1 Å². The summed E-state index contributed by atoms with van der Waals surface area (Å²) in [6.07, 6.45) is 2.55. The number of nitrogens with zero attached hydrogens (tertiary/aromatic N) is 1. The average molecular weight is 231 g/mol. The Bertz CT molecular complexity index is 294. The van der Waals surface area contributed by atoms with Gasteiger partial charge in [-0.15, -0.1) is 11.3 Å². The van der Waals surface area contributed by atoms with E-state index in [1.807, 2.05) is 6.07 Å². The first-order valence-corrected chi connectivity index (χ1v) is 6.15. The molecule has 0 aromatic carbocycles. The predicted molar refractivity (Wildman–Crippen MR) is 63.6 cm³/mol. The lowest BCUT2D eigenvalue weighted by Gasteiger charge is -2.32. The molecular formula is C10H15ClN2S. The standard InChI is InChI=1S/C10H15ClN2S/c1-13(8-3-2-6-12-7-8)10-5-4-9(11)14-10/h4-5,8,12H,2-3,6-7H2,1H3. The number of anilines is 1. The van der Waals surface area contributed by atoms with Gasteiger partial charge in [0.05, 0.1) is 9.34 Å². The SMILES string of the molecule is CN(c1ccc(Cl)s1)C1CCCNC1. The Labute approximate surface area is 93.9 Å². The van der Waals surface area contributed by atoms with Crippen LogP contribution in [0, 0.1) is 0 Å². The maximum atomic E-state index is 5.92. The van der Waals surface area contributed by atoms with Gasteiger partial charge in [-0.2, -0.15) is 0 Å². The molecule has 2 nitrogen and oxygen atoms in total. The van der Waals surface area contributed by atoms with Gasteiger partial charge in [0.1, 0.15) is 0 Å². The van der Waals surface area contributed by atoms with Crippen molar-refractivity contribution < 1.29 is 0 Å². The van der Waals surface area contributed by atoms with Crippen LogP contribution in [0.2, 0.25) is 4.34 Å². The van der Waals surface area contributed by atoms with Gasteiger partial charge in [-0.1, -0.05) is 11.6 Å². The minimum absolute atomic E-state index is 0.624. The van der Waals surface area contributed by atoms with E-state index >= 15 is 0 Å². The molecule has 1 aromatic rings. The number of likely N-dealkylation sites (N-methyl/N-ethyl adjacent to an activating group) is 1. The number of hydrogen-bond acceptors (Lipinski definition) is 3. The smallest absolute Gasteiger partial charge is 0.0950 e. The second-order valence-corrected chi connectivity index (χ2v) is 5.38. The zero-order valence-corrected chi connectivity index (χ0v) is 9.87. The molecule has 1 aromatic heterocycles. The van der Waals surface area contributed by atoms with E-state index in [1.165, 1.54) is 17.8 Å². The molecular weight excluding hydrogens is 216 g/mol. The number of nitrogens with one attached hydrogen (secondary N) is 1. The van der Waals surface area contributed by atoms with Gasteiger partial charge in [-0.3, -0.25) is 0 Å². The maximum absolute atomic E-state index is 5.92. The fourth-order valence-electron chi connectivity index (χ4n) is 1.84. The van der Waals surface area contributed by atoms with E-state index in [4.69, 9.17) is 11.6 Å². The van der Waals surface area contributed by atoms with E-state index in [-0.39, 0.29) is 0 Å². The molecule has 0 aliphatic carbocycles. The second kappa shape index (κ2) is 4.51. The molecule has 0 radical (unpaired) electrons. The summed E-state index contributed by atoms with van der Waals surface area (Å²) in [6.45, 7) is 2.25. The van der Waals surface area contributed by atoms with E-state index in [1.54, 1.807) is 11.3 Å². The summed E-state index contributed by atoms with van der Waals surface area (Å²) in [4.78, 5) is 2.34. The Balaban J connectivity index is 2.03. The van der Waals surface area contributed by atoms with Crippen molar-refractivity contribution in [2.45, 2.75) is 18.9 Å². The highest BCUT2D eigenvalue weighted by atomic mass is 35.5. The lowest BCUT2D eigenvalue weighted by Crippen LogP contribution is -2.43. The molecule has 0 saturated carbocycles. The molecule has 78 valence electrons. The first-order chi connectivity index (χ1) is 6.77. The lowest BCUT2D eigenvalue weighted by atomic mass is 10.1. The summed E-state index contributed by atoms with van der Waals surface area (Å²) in [5.41, 5.74) is 0. The molecule has 2 heterocycles. The van der Waals surface area contributed by atoms with Crippen LogP contribution in [0.1, 0.15) is 12.8 Å². The van der Waals surface area contributed by atoms with Crippen molar-refractivity contribution in [2.75, 3.05) is 25.0 Å². The summed E-state index contributed by atoms with van der Waals surface area (Å²) in [7, 11) is 2.15. The van der Waals surface area contributed by atoms with Crippen molar-refractivity contribution in [2.24, 2.45) is 0 Å². The minimum Gasteiger partial charge on any atom is -0.362 e. The Kier molecular flexibility index (Phi) is 3.31. The van der Waals surface area contributed by atoms with Crippen LogP contribution >= 0.6 is 22.9 Å². The molecule has 0 amide bonds. The zero-order chi connectivity index (χ0) is 9.97. The molecule has 1 aliphatic heterocycles. The van der Waals surface area contributed by atoms with Crippen molar-refractivity contribution in [3.8, 4) is 0 Å². The van der Waals surface area contributed by atoms with Crippen molar-refractivity contribution in [3.05, 3.63) is 16.5 Å². The Morgan fingerprint density at radius 3 is 3.00 bits per heavy atom. The van der Waals surface area contributed by atoms with Crippen molar-refractivity contribution in [1.82, 2.24) is 5.32 Å². The predicted octanol–water partition coefficient (Wildman–Crippen LogP) is 2.59. The molecule has 1 aliphatic rings. The molecule has 4 heteroatoms. The molecule has 1 saturated heterocycles. The molecule has 0 bridgehead atoms. The van der Waals surface area contributed by atoms with Crippen LogP contribution in [-0.4, -0.2) is 26.2 Å². The third-order valence-electron chi connectivity index (χ3n) is 2.73. The van der Waals surface area contributed by atoms with E-state index in [9.17, 15) is 0 Å². The Hall–Kier alpha value is -0.250. The first kappa shape index (κ1) is 10.3. The normalized spacial score (nSPS) is 22.3. The number of rotatable bonds is 2. The molecule has 0 spiro atoms. The van der Waals surface area contributed by atoms with E-state index in [2.05, 4.69) is 23.3 Å². The summed E-state index contributed by atoms with van der Waals surface area (Å²) in [5, 5.41) is 4.69. The van der Waals surface area contributed by atoms with Crippen molar-refractivity contribution >= 4 is 27.9 Å². The van der Waals surface area contributed by atoms with Crippen molar-refractivity contribution in [3.63, 3.8) is 0 Å². The third kappa shape index (κ3) is 2.22. The van der Waals surface area contributed by atoms with Gasteiger partial charge in [0.2, 0.25) is 0 Å². The van der Waals surface area contributed by atoms with Crippen LogP contribution in [0.25, 0.3) is 0 Å². The Morgan fingerprint density at radius 1 is 1.57 bits per heavy atom. The summed E-state index contributed by atoms with van der Waals surface area (Å²) in [5.74, 6) is 0. The largest absolute Gasteiger partial charge is 0.362 e. The molecule has 1 fully saturated rings. The van der Waals surface area contributed by atoms with Crippen LogP contribution in [-0.2, 0) is 0 Å². The van der Waals surface area contributed by atoms with E-state index < -0.39 is 0 Å². The molecule has 2 rings (SSSR count). The van der Waals surface area contributed by atoms with Gasteiger partial charge in [0.25, 0.3) is 0 Å². The highest BCUT2D eigenvalue weighted by molar-refractivity contribution is 7.19. The third-order valence-corrected chi connectivity index (χ3v) is 4.05. The first-order valence-electron chi connectivity index (χ1n) is 4.96. The fourth-order valence-corrected chi connectivity index (χ4v) is 2.90. The van der Waals surface area contributed by atoms with Crippen LogP contribution in [0.5, 0.6) is 0 Å². The van der Waals surface area contributed by atoms with Gasteiger partial charge in [0.15, 0.2) is 0 Å². The molecule has 1 atom stereocenters. The van der Waals surface area contributed by atoms with Gasteiger partial charge in [-0.05, 0) is 31.5 Å². The topological polar surface area (TPSA) is 15.3 Å². The zero-order valence-electron chi connectivity index (χ0n) is 8.29. The van der Waals surface area contributed by atoms with Gasteiger partial charge in [0, 0.05) is 19.6 Å². The molecule has 1 N–H and O–H groups in total. The number of piperidine rings is 1. The van der Waals surface area contributed by atoms with E-state index in [0.717, 1.165) is 17.4 Å². The second-order valence-electron chi connectivity index (χ2n) is 3.69. The lowest BCUT2D eigenvalue weighted by molar-refractivity contribution is 0.446. The molecule has 14 heavy (non-hydrogen) atoms. The highest BCUT2D eigenvalue weighted by Crippen LogP contribution is 2.30. The van der Waals surface area contributed by atoms with E-state index in [0.29, 0.717) is 6.04 Å². The average Bonchev–Trinajstić information content (AvgIpc) is 2.65. The van der Waals surface area contributed by atoms with Gasteiger partial charge in [-0.25, -0.2) is 0 Å². The van der Waals surface area contributed by atoms with Gasteiger partial charge >= 0.3 is 0 Å². The fraction of sp³-hybridized carbons (Fsp3) is 0.600. The van der Waals surface area contributed by atoms with Gasteiger partial charge < -0.3 is 10.2 Å². The summed E-state index contributed by atoms with van der Waals surface area (Å²) in [6, 6.07) is 4.69. The van der Waals surface area contributed by atoms with Crippen LogP contribution < -0.4 is 10.2 Å². The monoisotopic (exact) mass is 230 g/mol. The maximum Gasteiger partial charge on any atom is 0.0950 e. The van der Waals surface area contributed by atoms with Crippen molar-refractivity contribution in [1.29, 1.82) is 0 Å². The van der Waals surface area contributed by atoms with Crippen LogP contribution in [0.4, 0.5) is 5.00 Å². The minimum atomic E-state index is 0.624. The Morgan fingerprint density at radius 2 is 2.43 bits per heavy atom. The highest BCUT2D eigenvalue weighted by Gasteiger charge is 2.18. The summed E-state index contributed by atoms with van der Waals surface area (Å²) >= 11 is 7.57. The quantitative estimate of drug-likeness (QED) is 0.840.